The first-order valence-electron chi connectivity index (χ1n) is 6.93. The molecular weight excluding hydrogens is 352 g/mol. The summed E-state index contributed by atoms with van der Waals surface area (Å²) in [5.41, 5.74) is 5.69. The van der Waals surface area contributed by atoms with Crippen molar-refractivity contribution in [1.82, 2.24) is 4.31 Å². The molecule has 1 fully saturated rings. The SMILES string of the molecule is NCC1CCCN1S(=O)(=O)c1ccc2cc(Br)ccc2c1. The summed E-state index contributed by atoms with van der Waals surface area (Å²) in [6.07, 6.45) is 1.72. The Hall–Kier alpha value is -0.950. The summed E-state index contributed by atoms with van der Waals surface area (Å²) >= 11 is 3.42. The molecular formula is C15H17BrN2O2S. The van der Waals surface area contributed by atoms with Crippen LogP contribution in [-0.2, 0) is 10.0 Å². The Kier molecular flexibility index (Phi) is 4.05. The van der Waals surface area contributed by atoms with Gasteiger partial charge in [0.05, 0.1) is 4.90 Å². The highest BCUT2D eigenvalue weighted by atomic mass is 79.9. The van der Waals surface area contributed by atoms with Crippen molar-refractivity contribution in [3.05, 3.63) is 40.9 Å². The van der Waals surface area contributed by atoms with Gasteiger partial charge in [0.2, 0.25) is 10.0 Å². The minimum atomic E-state index is -3.46. The first-order chi connectivity index (χ1) is 10.0. The maximum Gasteiger partial charge on any atom is 0.243 e. The second kappa shape index (κ2) is 5.68. The van der Waals surface area contributed by atoms with Crippen LogP contribution < -0.4 is 5.73 Å². The highest BCUT2D eigenvalue weighted by Crippen LogP contribution is 2.28. The average molecular weight is 369 g/mol. The van der Waals surface area contributed by atoms with E-state index in [9.17, 15) is 8.42 Å². The lowest BCUT2D eigenvalue weighted by Gasteiger charge is -2.23. The molecule has 2 N–H and O–H groups in total. The smallest absolute Gasteiger partial charge is 0.243 e. The number of nitrogens with two attached hydrogens (primary N) is 1. The quantitative estimate of drug-likeness (QED) is 0.905. The molecule has 1 aliphatic heterocycles. The number of fused-ring (bicyclic) bond motifs is 1. The van der Waals surface area contributed by atoms with Gasteiger partial charge in [0.1, 0.15) is 0 Å². The summed E-state index contributed by atoms with van der Waals surface area (Å²) in [7, 11) is -3.46. The Labute approximate surface area is 133 Å². The van der Waals surface area contributed by atoms with Crippen molar-refractivity contribution in [3.63, 3.8) is 0 Å². The summed E-state index contributed by atoms with van der Waals surface area (Å²) in [6, 6.07) is 11.0. The predicted molar refractivity (Wildman–Crippen MR) is 87.6 cm³/mol. The van der Waals surface area contributed by atoms with E-state index < -0.39 is 10.0 Å². The van der Waals surface area contributed by atoms with Crippen LogP contribution in [0.3, 0.4) is 0 Å². The van der Waals surface area contributed by atoms with Gasteiger partial charge < -0.3 is 5.73 Å². The van der Waals surface area contributed by atoms with Gasteiger partial charge in [0.25, 0.3) is 0 Å². The lowest BCUT2D eigenvalue weighted by molar-refractivity contribution is 0.393. The van der Waals surface area contributed by atoms with Crippen LogP contribution in [0.15, 0.2) is 45.8 Å². The third kappa shape index (κ3) is 2.73. The van der Waals surface area contributed by atoms with Crippen LogP contribution in [0.25, 0.3) is 10.8 Å². The van der Waals surface area contributed by atoms with Crippen LogP contribution in [0.4, 0.5) is 0 Å². The molecule has 21 heavy (non-hydrogen) atoms. The fraction of sp³-hybridized carbons (Fsp3) is 0.333. The van der Waals surface area contributed by atoms with E-state index in [2.05, 4.69) is 15.9 Å². The standard InChI is InChI=1S/C15H17BrN2O2S/c16-13-5-3-12-9-15(6-4-11(12)8-13)21(19,20)18-7-1-2-14(18)10-17/h3-6,8-9,14H,1-2,7,10,17H2. The number of hydrogen-bond acceptors (Lipinski definition) is 3. The molecule has 1 unspecified atom stereocenters. The number of sulfonamides is 1. The summed E-state index contributed by atoms with van der Waals surface area (Å²) < 4.78 is 28.1. The summed E-state index contributed by atoms with van der Waals surface area (Å²) in [5.74, 6) is 0. The number of halogens is 1. The maximum absolute atomic E-state index is 12.8. The molecule has 0 aliphatic carbocycles. The molecule has 0 aromatic heterocycles. The molecule has 2 aromatic carbocycles. The Morgan fingerprint density at radius 2 is 1.90 bits per heavy atom. The second-order valence-corrected chi connectivity index (χ2v) is 8.11. The van der Waals surface area contributed by atoms with E-state index in [1.54, 1.807) is 16.4 Å². The highest BCUT2D eigenvalue weighted by Gasteiger charge is 2.34. The predicted octanol–water partition coefficient (Wildman–Crippen LogP) is 2.71. The summed E-state index contributed by atoms with van der Waals surface area (Å²) in [6.45, 7) is 0.933. The molecule has 0 amide bonds. The fourth-order valence-corrected chi connectivity index (χ4v) is 4.97. The third-order valence-corrected chi connectivity index (χ3v) is 6.42. The Balaban J connectivity index is 2.04. The first kappa shape index (κ1) is 15.0. The molecule has 2 aromatic rings. The lowest BCUT2D eigenvalue weighted by atomic mass is 10.1. The number of hydrogen-bond donors (Lipinski definition) is 1. The zero-order chi connectivity index (χ0) is 15.0. The van der Waals surface area contributed by atoms with Crippen molar-refractivity contribution >= 4 is 36.7 Å². The van der Waals surface area contributed by atoms with Crippen LogP contribution >= 0.6 is 15.9 Å². The molecule has 3 rings (SSSR count). The van der Waals surface area contributed by atoms with Crippen LogP contribution in [-0.4, -0.2) is 31.9 Å². The topological polar surface area (TPSA) is 63.4 Å². The van der Waals surface area contributed by atoms with Crippen molar-refractivity contribution in [2.24, 2.45) is 5.73 Å². The molecule has 0 saturated carbocycles. The number of rotatable bonds is 3. The molecule has 1 heterocycles. The molecule has 0 radical (unpaired) electrons. The molecule has 1 aliphatic rings. The van der Waals surface area contributed by atoms with Gasteiger partial charge in [-0.05, 0) is 47.9 Å². The first-order valence-corrected chi connectivity index (χ1v) is 9.17. The molecule has 1 atom stereocenters. The van der Waals surface area contributed by atoms with Crippen LogP contribution in [0.2, 0.25) is 0 Å². The highest BCUT2D eigenvalue weighted by molar-refractivity contribution is 9.10. The molecule has 0 spiro atoms. The van der Waals surface area contributed by atoms with E-state index in [1.807, 2.05) is 24.3 Å². The zero-order valence-corrected chi connectivity index (χ0v) is 13.9. The van der Waals surface area contributed by atoms with Gasteiger partial charge in [-0.15, -0.1) is 0 Å². The van der Waals surface area contributed by atoms with Crippen molar-refractivity contribution in [2.75, 3.05) is 13.1 Å². The van der Waals surface area contributed by atoms with Crippen molar-refractivity contribution in [3.8, 4) is 0 Å². The maximum atomic E-state index is 12.8. The van der Waals surface area contributed by atoms with Crippen molar-refractivity contribution in [1.29, 1.82) is 0 Å². The zero-order valence-electron chi connectivity index (χ0n) is 11.5. The Morgan fingerprint density at radius 1 is 1.19 bits per heavy atom. The van der Waals surface area contributed by atoms with Gasteiger partial charge in [-0.2, -0.15) is 4.31 Å². The van der Waals surface area contributed by atoms with Gasteiger partial charge in [-0.25, -0.2) is 8.42 Å². The van der Waals surface area contributed by atoms with Crippen LogP contribution in [0, 0.1) is 0 Å². The second-order valence-electron chi connectivity index (χ2n) is 5.30. The lowest BCUT2D eigenvalue weighted by Crippen LogP contribution is -2.39. The minimum Gasteiger partial charge on any atom is -0.329 e. The Morgan fingerprint density at radius 3 is 2.67 bits per heavy atom. The van der Waals surface area contributed by atoms with Gasteiger partial charge in [-0.1, -0.05) is 28.1 Å². The molecule has 1 saturated heterocycles. The van der Waals surface area contributed by atoms with Crippen LogP contribution in [0.5, 0.6) is 0 Å². The number of nitrogens with zero attached hydrogens (tertiary/aromatic N) is 1. The van der Waals surface area contributed by atoms with Gasteiger partial charge >= 0.3 is 0 Å². The summed E-state index contributed by atoms with van der Waals surface area (Å²) in [5, 5.41) is 1.93. The van der Waals surface area contributed by atoms with E-state index in [0.29, 0.717) is 18.0 Å². The third-order valence-electron chi connectivity index (χ3n) is 3.98. The van der Waals surface area contributed by atoms with Crippen molar-refractivity contribution in [2.45, 2.75) is 23.8 Å². The average Bonchev–Trinajstić information content (AvgIpc) is 2.95. The van der Waals surface area contributed by atoms with E-state index in [4.69, 9.17) is 5.73 Å². The largest absolute Gasteiger partial charge is 0.329 e. The molecule has 0 bridgehead atoms. The van der Waals surface area contributed by atoms with Crippen molar-refractivity contribution < 1.29 is 8.42 Å². The number of benzene rings is 2. The van der Waals surface area contributed by atoms with Crippen LogP contribution in [0.1, 0.15) is 12.8 Å². The van der Waals surface area contributed by atoms with E-state index in [0.717, 1.165) is 28.1 Å². The molecule has 6 heteroatoms. The molecule has 112 valence electrons. The normalized spacial score (nSPS) is 20.2. The minimum absolute atomic E-state index is 0.0735. The summed E-state index contributed by atoms with van der Waals surface area (Å²) in [4.78, 5) is 0.345. The van der Waals surface area contributed by atoms with E-state index >= 15 is 0 Å². The van der Waals surface area contributed by atoms with Gasteiger partial charge in [0, 0.05) is 23.6 Å². The Bertz CT molecular complexity index is 776. The monoisotopic (exact) mass is 368 g/mol. The van der Waals surface area contributed by atoms with E-state index in [1.165, 1.54) is 0 Å². The van der Waals surface area contributed by atoms with Gasteiger partial charge in [0.15, 0.2) is 0 Å². The van der Waals surface area contributed by atoms with E-state index in [-0.39, 0.29) is 6.04 Å². The fourth-order valence-electron chi connectivity index (χ4n) is 2.85. The van der Waals surface area contributed by atoms with Gasteiger partial charge in [-0.3, -0.25) is 0 Å². The molecule has 4 nitrogen and oxygen atoms in total.